The number of aromatic amines is 1. The van der Waals surface area contributed by atoms with Crippen LogP contribution in [0.1, 0.15) is 10.4 Å². The summed E-state index contributed by atoms with van der Waals surface area (Å²) < 4.78 is 0. The van der Waals surface area contributed by atoms with Gasteiger partial charge in [-0.2, -0.15) is 0 Å². The minimum atomic E-state index is -1.25. The molecule has 1 aromatic heterocycles. The lowest BCUT2D eigenvalue weighted by atomic mass is 10.0. The summed E-state index contributed by atoms with van der Waals surface area (Å²) in [6.45, 7) is 0. The predicted molar refractivity (Wildman–Crippen MR) is 74.5 cm³/mol. The van der Waals surface area contributed by atoms with Crippen LogP contribution in [0.5, 0.6) is 0 Å². The van der Waals surface area contributed by atoms with E-state index in [0.717, 1.165) is 6.07 Å². The number of aromatic carboxylic acids is 1. The van der Waals surface area contributed by atoms with Crippen LogP contribution in [0.4, 0.5) is 0 Å². The number of carbonyl (C=O) groups is 1. The number of hydrogen-bond acceptors (Lipinski definition) is 2. The molecule has 1 aromatic carbocycles. The lowest BCUT2D eigenvalue weighted by Crippen LogP contribution is -2.10. The maximum atomic E-state index is 11.2. The third-order valence-electron chi connectivity index (χ3n) is 2.43. The van der Waals surface area contributed by atoms with E-state index in [9.17, 15) is 9.59 Å². The van der Waals surface area contributed by atoms with E-state index in [4.69, 9.17) is 39.9 Å². The zero-order chi connectivity index (χ0) is 14.2. The minimum absolute atomic E-state index is 0.185. The van der Waals surface area contributed by atoms with Gasteiger partial charge in [-0.25, -0.2) is 4.79 Å². The Balaban J connectivity index is 2.79. The van der Waals surface area contributed by atoms with Crippen LogP contribution in [0.25, 0.3) is 11.1 Å². The Morgan fingerprint density at radius 3 is 2.21 bits per heavy atom. The van der Waals surface area contributed by atoms with Gasteiger partial charge in [0.2, 0.25) is 5.56 Å². The average molecular weight is 319 g/mol. The van der Waals surface area contributed by atoms with Crippen molar-refractivity contribution in [3.63, 3.8) is 0 Å². The van der Waals surface area contributed by atoms with Crippen LogP contribution in [0.3, 0.4) is 0 Å². The van der Waals surface area contributed by atoms with Crippen molar-refractivity contribution in [2.75, 3.05) is 0 Å². The molecule has 0 fully saturated rings. The number of H-pyrrole nitrogens is 1. The lowest BCUT2D eigenvalue weighted by Gasteiger charge is -2.10. The number of benzene rings is 1. The molecule has 0 aliphatic heterocycles. The summed E-state index contributed by atoms with van der Waals surface area (Å²) >= 11 is 17.9. The number of carboxylic acid groups (broad SMARTS) is 1. The third kappa shape index (κ3) is 2.76. The second kappa shape index (κ2) is 5.25. The van der Waals surface area contributed by atoms with Crippen LogP contribution in [0.15, 0.2) is 29.2 Å². The Kier molecular flexibility index (Phi) is 3.85. The zero-order valence-corrected chi connectivity index (χ0v) is 11.5. The van der Waals surface area contributed by atoms with Gasteiger partial charge in [0.05, 0.1) is 15.6 Å². The Hall–Kier alpha value is -1.49. The monoisotopic (exact) mass is 317 g/mol. The molecule has 2 aromatic rings. The molecule has 0 atom stereocenters. The maximum absolute atomic E-state index is 11.2. The van der Waals surface area contributed by atoms with Crippen molar-refractivity contribution in [3.8, 4) is 11.1 Å². The topological polar surface area (TPSA) is 70.2 Å². The van der Waals surface area contributed by atoms with Gasteiger partial charge in [-0.3, -0.25) is 4.79 Å². The summed E-state index contributed by atoms with van der Waals surface area (Å²) in [6.07, 6.45) is 1.26. The van der Waals surface area contributed by atoms with Gasteiger partial charge in [0, 0.05) is 28.4 Å². The molecule has 1 heterocycles. The van der Waals surface area contributed by atoms with Crippen LogP contribution in [-0.4, -0.2) is 16.1 Å². The summed E-state index contributed by atoms with van der Waals surface area (Å²) in [5.41, 5.74) is -0.183. The first-order valence-corrected chi connectivity index (χ1v) is 6.14. The Morgan fingerprint density at radius 1 is 1.11 bits per heavy atom. The van der Waals surface area contributed by atoms with Crippen molar-refractivity contribution in [2.45, 2.75) is 0 Å². The van der Waals surface area contributed by atoms with Crippen LogP contribution in [-0.2, 0) is 0 Å². The van der Waals surface area contributed by atoms with Crippen molar-refractivity contribution in [2.24, 2.45) is 0 Å². The van der Waals surface area contributed by atoms with E-state index in [1.165, 1.54) is 18.3 Å². The molecule has 2 rings (SSSR count). The fourth-order valence-electron chi connectivity index (χ4n) is 1.65. The molecule has 0 bridgehead atoms. The maximum Gasteiger partial charge on any atom is 0.336 e. The van der Waals surface area contributed by atoms with Gasteiger partial charge in [-0.05, 0) is 12.1 Å². The summed E-state index contributed by atoms with van der Waals surface area (Å²) in [6, 6.07) is 3.86. The molecule has 0 saturated heterocycles. The average Bonchev–Trinajstić information content (AvgIpc) is 2.29. The van der Waals surface area contributed by atoms with Gasteiger partial charge >= 0.3 is 5.97 Å². The van der Waals surface area contributed by atoms with Crippen molar-refractivity contribution in [1.82, 2.24) is 4.98 Å². The molecule has 0 amide bonds. The minimum Gasteiger partial charge on any atom is -0.478 e. The first-order chi connectivity index (χ1) is 8.90. The lowest BCUT2D eigenvalue weighted by molar-refractivity contribution is 0.0697. The normalized spacial score (nSPS) is 10.5. The molecule has 0 saturated carbocycles. The molecule has 19 heavy (non-hydrogen) atoms. The van der Waals surface area contributed by atoms with Crippen molar-refractivity contribution < 1.29 is 9.90 Å². The number of aromatic nitrogens is 1. The van der Waals surface area contributed by atoms with E-state index in [1.807, 2.05) is 0 Å². The van der Waals surface area contributed by atoms with Gasteiger partial charge in [0.1, 0.15) is 0 Å². The van der Waals surface area contributed by atoms with Gasteiger partial charge < -0.3 is 10.1 Å². The summed E-state index contributed by atoms with van der Waals surface area (Å²) in [5, 5.41) is 9.86. The van der Waals surface area contributed by atoms with Gasteiger partial charge in [0.25, 0.3) is 0 Å². The van der Waals surface area contributed by atoms with E-state index in [1.54, 1.807) is 0 Å². The van der Waals surface area contributed by atoms with E-state index in [2.05, 4.69) is 4.98 Å². The smallest absolute Gasteiger partial charge is 0.336 e. The molecular formula is C12H6Cl3NO3. The molecule has 2 N–H and O–H groups in total. The highest BCUT2D eigenvalue weighted by Crippen LogP contribution is 2.38. The molecule has 7 heteroatoms. The standard InChI is InChI=1S/C12H6Cl3NO3/c13-5-1-8(14)11(9(15)2-5)7-4-16-10(17)3-6(7)12(18)19/h1-4H,(H,16,17)(H,18,19). The van der Waals surface area contributed by atoms with Crippen molar-refractivity contribution in [3.05, 3.63) is 55.4 Å². The number of hydrogen-bond donors (Lipinski definition) is 2. The fourth-order valence-corrected chi connectivity index (χ4v) is 2.68. The summed E-state index contributed by atoms with van der Waals surface area (Å²) in [5.74, 6) is -1.25. The first-order valence-electron chi connectivity index (χ1n) is 5.01. The van der Waals surface area contributed by atoms with Gasteiger partial charge in [0.15, 0.2) is 0 Å². The van der Waals surface area contributed by atoms with Crippen LogP contribution >= 0.6 is 34.8 Å². The van der Waals surface area contributed by atoms with E-state index in [0.29, 0.717) is 10.6 Å². The van der Waals surface area contributed by atoms with Crippen molar-refractivity contribution >= 4 is 40.8 Å². The van der Waals surface area contributed by atoms with E-state index < -0.39 is 11.5 Å². The quantitative estimate of drug-likeness (QED) is 0.887. The number of carboxylic acids is 1. The molecule has 0 radical (unpaired) electrons. The first kappa shape index (κ1) is 13.9. The molecule has 4 nitrogen and oxygen atoms in total. The fraction of sp³-hybridized carbons (Fsp3) is 0. The zero-order valence-electron chi connectivity index (χ0n) is 9.21. The van der Waals surface area contributed by atoms with Crippen molar-refractivity contribution in [1.29, 1.82) is 0 Å². The second-order valence-electron chi connectivity index (χ2n) is 3.67. The molecular weight excluding hydrogens is 312 g/mol. The van der Waals surface area contributed by atoms with Crippen LogP contribution < -0.4 is 5.56 Å². The highest BCUT2D eigenvalue weighted by molar-refractivity contribution is 6.42. The highest BCUT2D eigenvalue weighted by Gasteiger charge is 2.18. The summed E-state index contributed by atoms with van der Waals surface area (Å²) in [7, 11) is 0. The molecule has 98 valence electrons. The Morgan fingerprint density at radius 2 is 1.68 bits per heavy atom. The SMILES string of the molecule is O=C(O)c1cc(=O)[nH]cc1-c1c(Cl)cc(Cl)cc1Cl. The number of rotatable bonds is 2. The molecule has 0 aliphatic carbocycles. The Bertz CT molecular complexity index is 701. The predicted octanol–water partition coefficient (Wildman–Crippen LogP) is 3.70. The molecule has 0 spiro atoms. The van der Waals surface area contributed by atoms with Gasteiger partial charge in [-0.15, -0.1) is 0 Å². The van der Waals surface area contributed by atoms with E-state index in [-0.39, 0.29) is 21.2 Å². The number of halogens is 3. The van der Waals surface area contributed by atoms with Crippen LogP contribution in [0.2, 0.25) is 15.1 Å². The second-order valence-corrected chi connectivity index (χ2v) is 4.93. The highest BCUT2D eigenvalue weighted by atomic mass is 35.5. The number of nitrogens with one attached hydrogen (secondary N) is 1. The molecule has 0 unspecified atom stereocenters. The number of pyridine rings is 1. The van der Waals surface area contributed by atoms with Crippen LogP contribution in [0, 0.1) is 0 Å². The molecule has 0 aliphatic rings. The third-order valence-corrected chi connectivity index (χ3v) is 3.25. The van der Waals surface area contributed by atoms with Gasteiger partial charge in [-0.1, -0.05) is 34.8 Å². The largest absolute Gasteiger partial charge is 0.478 e. The van der Waals surface area contributed by atoms with E-state index >= 15 is 0 Å². The Labute approximate surface area is 122 Å². The summed E-state index contributed by atoms with van der Waals surface area (Å²) in [4.78, 5) is 24.8.